The predicted molar refractivity (Wildman–Crippen MR) is 125 cm³/mol. The van der Waals surface area contributed by atoms with E-state index in [1.165, 1.54) is 37.7 Å². The fourth-order valence-corrected chi connectivity index (χ4v) is 4.25. The minimum absolute atomic E-state index is 0.495. The van der Waals surface area contributed by atoms with Gasteiger partial charge in [0.15, 0.2) is 23.3 Å². The van der Waals surface area contributed by atoms with Crippen LogP contribution in [0.3, 0.4) is 0 Å². The summed E-state index contributed by atoms with van der Waals surface area (Å²) in [7, 11) is 0. The average Bonchev–Trinajstić information content (AvgIpc) is 2.84. The van der Waals surface area contributed by atoms with Gasteiger partial charge in [0.05, 0.1) is 11.2 Å². The molecule has 1 aliphatic carbocycles. The van der Waals surface area contributed by atoms with Gasteiger partial charge in [0.1, 0.15) is 11.1 Å². The van der Waals surface area contributed by atoms with Crippen molar-refractivity contribution < 1.29 is 17.6 Å². The first-order chi connectivity index (χ1) is 16.0. The lowest BCUT2D eigenvalue weighted by molar-refractivity contribution is 0.304. The van der Waals surface area contributed by atoms with Crippen LogP contribution < -0.4 is 0 Å². The molecule has 2 aromatic carbocycles. The van der Waals surface area contributed by atoms with E-state index in [0.29, 0.717) is 11.5 Å². The fourth-order valence-electron chi connectivity index (χ4n) is 4.21. The molecule has 0 heterocycles. The summed E-state index contributed by atoms with van der Waals surface area (Å²) in [6.45, 7) is 2.22. The summed E-state index contributed by atoms with van der Waals surface area (Å²) < 4.78 is 57.0. The standard InChI is InChI=1S/C27H23F4NS/c1-2-3-4-18-5-10-20(11-6-18)21-12-7-19(8-13-21)9-14-22-24(28)26(30)23(15-16-32-17-33)27(31)25(22)29/h7-8,12-13,18,20H,2-6,10-11H2,1H3. The van der Waals surface area contributed by atoms with Crippen LogP contribution in [0.4, 0.5) is 17.6 Å². The maximum absolute atomic E-state index is 14.3. The molecule has 2 aromatic rings. The fraction of sp³-hybridized carbons (Fsp3) is 0.370. The van der Waals surface area contributed by atoms with E-state index in [1.807, 2.05) is 29.3 Å². The third-order valence-electron chi connectivity index (χ3n) is 6.07. The maximum atomic E-state index is 14.3. The van der Waals surface area contributed by atoms with Crippen molar-refractivity contribution in [2.45, 2.75) is 57.8 Å². The molecule has 0 spiro atoms. The number of unbranched alkanes of at least 4 members (excludes halogenated alkanes) is 1. The lowest BCUT2D eigenvalue weighted by atomic mass is 9.77. The van der Waals surface area contributed by atoms with Gasteiger partial charge in [0.25, 0.3) is 0 Å². The molecule has 1 nitrogen and oxygen atoms in total. The highest BCUT2D eigenvalue weighted by atomic mass is 32.1. The molecule has 0 aliphatic heterocycles. The first kappa shape index (κ1) is 24.7. The van der Waals surface area contributed by atoms with Gasteiger partial charge in [0, 0.05) is 5.56 Å². The summed E-state index contributed by atoms with van der Waals surface area (Å²) in [6.07, 6.45) is 8.60. The van der Waals surface area contributed by atoms with Gasteiger partial charge in [0.2, 0.25) is 0 Å². The van der Waals surface area contributed by atoms with E-state index >= 15 is 0 Å². The van der Waals surface area contributed by atoms with Crippen LogP contribution in [0.25, 0.3) is 0 Å². The minimum atomic E-state index is -1.63. The zero-order valence-electron chi connectivity index (χ0n) is 18.3. The van der Waals surface area contributed by atoms with Crippen LogP contribution in [-0.4, -0.2) is 5.16 Å². The van der Waals surface area contributed by atoms with Gasteiger partial charge in [-0.25, -0.2) is 17.6 Å². The summed E-state index contributed by atoms with van der Waals surface area (Å²) in [5, 5.41) is 1.87. The van der Waals surface area contributed by atoms with Gasteiger partial charge in [-0.3, -0.25) is 0 Å². The number of aliphatic imine (C=N–C) groups is 1. The first-order valence-corrected chi connectivity index (χ1v) is 11.4. The van der Waals surface area contributed by atoms with Gasteiger partial charge >= 0.3 is 0 Å². The highest BCUT2D eigenvalue weighted by Gasteiger charge is 2.24. The molecule has 170 valence electrons. The zero-order valence-corrected chi connectivity index (χ0v) is 19.1. The molecule has 0 radical (unpaired) electrons. The van der Waals surface area contributed by atoms with Gasteiger partial charge in [-0.15, -0.1) is 4.99 Å². The smallest absolute Gasteiger partial charge is 0.178 e. The Balaban J connectivity index is 1.76. The molecule has 1 saturated carbocycles. The molecule has 3 rings (SSSR count). The van der Waals surface area contributed by atoms with E-state index < -0.39 is 34.4 Å². The Labute approximate surface area is 197 Å². The van der Waals surface area contributed by atoms with Crippen molar-refractivity contribution in [3.8, 4) is 23.8 Å². The minimum Gasteiger partial charge on any atom is -0.202 e. The largest absolute Gasteiger partial charge is 0.202 e. The SMILES string of the molecule is CCCCC1CCC(c2ccc(C#Cc3c(F)c(F)c(C#CN=C=S)c(F)c3F)cc2)CC1. The Morgan fingerprint density at radius 1 is 0.848 bits per heavy atom. The Bertz CT molecular complexity index is 1140. The molecule has 1 aliphatic rings. The second kappa shape index (κ2) is 11.8. The second-order valence-electron chi connectivity index (χ2n) is 8.18. The van der Waals surface area contributed by atoms with E-state index in [1.54, 1.807) is 12.1 Å². The Hall–Kier alpha value is -2.92. The molecule has 33 heavy (non-hydrogen) atoms. The molecular weight excluding hydrogens is 446 g/mol. The number of benzene rings is 2. The second-order valence-corrected chi connectivity index (χ2v) is 8.36. The van der Waals surface area contributed by atoms with Crippen molar-refractivity contribution >= 4 is 17.4 Å². The number of rotatable bonds is 4. The quantitative estimate of drug-likeness (QED) is 0.148. The molecule has 1 fully saturated rings. The highest BCUT2D eigenvalue weighted by Crippen LogP contribution is 2.37. The van der Waals surface area contributed by atoms with Crippen LogP contribution >= 0.6 is 12.2 Å². The van der Waals surface area contributed by atoms with E-state index in [-0.39, 0.29) is 0 Å². The first-order valence-electron chi connectivity index (χ1n) is 11.0. The maximum Gasteiger partial charge on any atom is 0.178 e. The number of hydrogen-bond donors (Lipinski definition) is 0. The number of thiocarbonyl (C=S) groups is 1. The van der Waals surface area contributed by atoms with Crippen molar-refractivity contribution in [1.29, 1.82) is 0 Å². The highest BCUT2D eigenvalue weighted by molar-refractivity contribution is 7.78. The lowest BCUT2D eigenvalue weighted by Crippen LogP contribution is -2.13. The van der Waals surface area contributed by atoms with Gasteiger partial charge < -0.3 is 0 Å². The zero-order chi connectivity index (χ0) is 23.8. The molecule has 0 bridgehead atoms. The van der Waals surface area contributed by atoms with Crippen molar-refractivity contribution in [2.24, 2.45) is 10.9 Å². The van der Waals surface area contributed by atoms with Crippen LogP contribution in [-0.2, 0) is 0 Å². The van der Waals surface area contributed by atoms with E-state index in [2.05, 4.69) is 36.0 Å². The number of halogens is 4. The summed E-state index contributed by atoms with van der Waals surface area (Å²) in [6, 6.07) is 9.37. The van der Waals surface area contributed by atoms with Gasteiger partial charge in [-0.2, -0.15) is 0 Å². The molecule has 0 saturated heterocycles. The molecule has 6 heteroatoms. The van der Waals surface area contributed by atoms with Gasteiger partial charge in [-0.05, 0) is 73.4 Å². The van der Waals surface area contributed by atoms with E-state index in [0.717, 1.165) is 18.8 Å². The van der Waals surface area contributed by atoms with E-state index in [9.17, 15) is 17.6 Å². The van der Waals surface area contributed by atoms with Crippen LogP contribution in [0.15, 0.2) is 29.3 Å². The van der Waals surface area contributed by atoms with Gasteiger partial charge in [-0.1, -0.05) is 50.2 Å². The van der Waals surface area contributed by atoms with Crippen LogP contribution in [0, 0.1) is 53.0 Å². The lowest BCUT2D eigenvalue weighted by Gasteiger charge is -2.28. The monoisotopic (exact) mass is 469 g/mol. The van der Waals surface area contributed by atoms with Crippen molar-refractivity contribution in [3.05, 3.63) is 69.8 Å². The summed E-state index contributed by atoms with van der Waals surface area (Å²) in [5.74, 6) is 1.55. The molecular formula is C27H23F4NS. The average molecular weight is 470 g/mol. The summed E-state index contributed by atoms with van der Waals surface area (Å²) in [4.78, 5) is 3.16. The molecule has 0 atom stereocenters. The molecule has 0 aromatic heterocycles. The number of nitrogens with zero attached hydrogens (tertiary/aromatic N) is 1. The summed E-state index contributed by atoms with van der Waals surface area (Å²) >= 11 is 4.28. The van der Waals surface area contributed by atoms with Crippen LogP contribution in [0.5, 0.6) is 0 Å². The van der Waals surface area contributed by atoms with Crippen molar-refractivity contribution in [2.75, 3.05) is 0 Å². The van der Waals surface area contributed by atoms with Crippen LogP contribution in [0.2, 0.25) is 0 Å². The van der Waals surface area contributed by atoms with Crippen molar-refractivity contribution in [3.63, 3.8) is 0 Å². The topological polar surface area (TPSA) is 12.4 Å². The Kier molecular flexibility index (Phi) is 8.84. The molecule has 0 unspecified atom stereocenters. The normalized spacial score (nSPS) is 17.2. The van der Waals surface area contributed by atoms with Crippen molar-refractivity contribution in [1.82, 2.24) is 0 Å². The number of isothiocyanates is 1. The summed E-state index contributed by atoms with van der Waals surface area (Å²) in [5.41, 5.74) is -0.346. The molecule has 0 amide bonds. The number of hydrogen-bond acceptors (Lipinski definition) is 2. The third-order valence-corrected chi connectivity index (χ3v) is 6.16. The Morgan fingerprint density at radius 2 is 1.42 bits per heavy atom. The van der Waals surface area contributed by atoms with E-state index in [4.69, 9.17) is 0 Å². The Morgan fingerprint density at radius 3 is 1.97 bits per heavy atom. The van der Waals surface area contributed by atoms with Crippen LogP contribution in [0.1, 0.15) is 80.0 Å². The predicted octanol–water partition coefficient (Wildman–Crippen LogP) is 7.52. The molecule has 0 N–H and O–H groups in total. The third kappa shape index (κ3) is 6.11.